The van der Waals surface area contributed by atoms with E-state index in [0.29, 0.717) is 26.4 Å². The molecule has 0 amide bonds. The molecule has 0 unspecified atom stereocenters. The Morgan fingerprint density at radius 1 is 0.377 bits per heavy atom. The molecule has 0 saturated heterocycles. The third-order valence-corrected chi connectivity index (χ3v) is 14.9. The number of fused-ring (bicyclic) bond motifs is 6. The fourth-order valence-corrected chi connectivity index (χ4v) is 10.7. The van der Waals surface area contributed by atoms with Crippen molar-refractivity contribution in [2.45, 2.75) is 117 Å². The Labute approximate surface area is 457 Å². The number of benzene rings is 8. The highest BCUT2D eigenvalue weighted by atomic mass is 16.5. The Kier molecular flexibility index (Phi) is 18.0. The van der Waals surface area contributed by atoms with Gasteiger partial charge in [-0.1, -0.05) is 150 Å². The van der Waals surface area contributed by atoms with Crippen molar-refractivity contribution in [2.75, 3.05) is 26.4 Å². The Hall–Kier alpha value is -7.80. The van der Waals surface area contributed by atoms with E-state index in [2.05, 4.69) is 98.2 Å². The summed E-state index contributed by atoms with van der Waals surface area (Å²) < 4.78 is 38.5. The molecule has 0 radical (unpaired) electrons. The number of hydrogen-bond acceptors (Lipinski definition) is 6. The average molecular weight is 1020 g/mol. The Morgan fingerprint density at radius 3 is 1.06 bits per heavy atom. The molecule has 0 bridgehead atoms. The van der Waals surface area contributed by atoms with Gasteiger partial charge in [-0.3, -0.25) is 0 Å². The molecule has 8 aromatic rings. The van der Waals surface area contributed by atoms with Crippen LogP contribution in [0.3, 0.4) is 0 Å². The van der Waals surface area contributed by atoms with Gasteiger partial charge in [0.05, 0.1) is 26.4 Å². The molecule has 392 valence electrons. The zero-order valence-electron chi connectivity index (χ0n) is 45.1. The fraction of sp³-hybridized carbons (Fsp3) is 0.324. The van der Waals surface area contributed by atoms with Crippen LogP contribution in [0, 0.1) is 29.1 Å². The van der Waals surface area contributed by atoms with Crippen LogP contribution in [0.25, 0.3) is 21.5 Å². The van der Waals surface area contributed by atoms with Crippen molar-refractivity contribution in [3.05, 3.63) is 202 Å². The van der Waals surface area contributed by atoms with Crippen molar-refractivity contribution < 1.29 is 28.4 Å². The lowest BCUT2D eigenvalue weighted by atomic mass is 9.73. The Morgan fingerprint density at radius 2 is 0.701 bits per heavy atom. The molecular formula is C71H72O6. The predicted molar refractivity (Wildman–Crippen MR) is 313 cm³/mol. The molecule has 2 aliphatic rings. The minimum absolute atomic E-state index is 0.235. The van der Waals surface area contributed by atoms with Crippen molar-refractivity contribution in [3.63, 3.8) is 0 Å². The smallest absolute Gasteiger partial charge is 0.130 e. The molecular weight excluding hydrogens is 949 g/mol. The zero-order valence-corrected chi connectivity index (χ0v) is 45.1. The molecule has 0 atom stereocenters. The third-order valence-electron chi connectivity index (χ3n) is 14.9. The van der Waals surface area contributed by atoms with E-state index < -0.39 is 0 Å². The SMILES string of the molecule is CCCCCCCCOc1ccc(C#Cc2ccc(OCc3cc4c(c5ccccc35)OCC3(COc5c(cc(COc6ccc(C#Cc7ccc(OCCCCCCCC)cc7)cc6)c6ccccc56)C3)C4)cc2)cc1. The molecule has 0 N–H and O–H groups in total. The lowest BCUT2D eigenvalue weighted by Gasteiger charge is -2.42. The van der Waals surface area contributed by atoms with Gasteiger partial charge in [-0.2, -0.15) is 0 Å². The quantitative estimate of drug-likeness (QED) is 0.0498. The van der Waals surface area contributed by atoms with Crippen molar-refractivity contribution in [1.29, 1.82) is 0 Å². The van der Waals surface area contributed by atoms with Crippen molar-refractivity contribution in [1.82, 2.24) is 0 Å². The summed E-state index contributed by atoms with van der Waals surface area (Å²) in [5.74, 6) is 18.5. The molecule has 0 aliphatic carbocycles. The summed E-state index contributed by atoms with van der Waals surface area (Å²) in [5.41, 5.74) is 8.16. The van der Waals surface area contributed by atoms with Gasteiger partial charge in [-0.25, -0.2) is 0 Å². The molecule has 8 aromatic carbocycles. The van der Waals surface area contributed by atoms with Gasteiger partial charge < -0.3 is 28.4 Å². The van der Waals surface area contributed by atoms with Crippen LogP contribution in [0.5, 0.6) is 34.5 Å². The number of ether oxygens (including phenoxy) is 6. The second-order valence-corrected chi connectivity index (χ2v) is 21.0. The van der Waals surface area contributed by atoms with Gasteiger partial charge in [0.1, 0.15) is 47.7 Å². The minimum atomic E-state index is -0.235. The highest BCUT2D eigenvalue weighted by Crippen LogP contribution is 2.47. The van der Waals surface area contributed by atoms with Gasteiger partial charge in [0, 0.05) is 38.4 Å². The van der Waals surface area contributed by atoms with Crippen LogP contribution in [0.15, 0.2) is 158 Å². The van der Waals surface area contributed by atoms with Gasteiger partial charge >= 0.3 is 0 Å². The second kappa shape index (κ2) is 26.3. The molecule has 10 rings (SSSR count). The largest absolute Gasteiger partial charge is 0.494 e. The van der Waals surface area contributed by atoms with Crippen LogP contribution in [-0.2, 0) is 26.1 Å². The van der Waals surface area contributed by atoms with Gasteiger partial charge in [0.25, 0.3) is 0 Å². The van der Waals surface area contributed by atoms with Crippen LogP contribution < -0.4 is 28.4 Å². The van der Waals surface area contributed by atoms with Crippen LogP contribution in [0.4, 0.5) is 0 Å². The summed E-state index contributed by atoms with van der Waals surface area (Å²) in [6.45, 7) is 8.01. The van der Waals surface area contributed by atoms with Crippen molar-refractivity contribution in [2.24, 2.45) is 5.41 Å². The number of unbranched alkanes of at least 4 members (excludes halogenated alkanes) is 10. The summed E-state index contributed by atoms with van der Waals surface area (Å²) in [5, 5.41) is 4.49. The van der Waals surface area contributed by atoms with Crippen molar-refractivity contribution >= 4 is 21.5 Å². The Bertz CT molecular complexity index is 3110. The molecule has 2 heterocycles. The van der Waals surface area contributed by atoms with E-state index in [9.17, 15) is 0 Å². The van der Waals surface area contributed by atoms with E-state index in [4.69, 9.17) is 28.4 Å². The minimum Gasteiger partial charge on any atom is -0.494 e. The molecule has 0 aromatic heterocycles. The molecule has 0 fully saturated rings. The maximum Gasteiger partial charge on any atom is 0.130 e. The van der Waals surface area contributed by atoms with E-state index in [1.165, 1.54) is 75.3 Å². The fourth-order valence-electron chi connectivity index (χ4n) is 10.7. The first-order valence-corrected chi connectivity index (χ1v) is 28.3. The Balaban J connectivity index is 0.757. The summed E-state index contributed by atoms with van der Waals surface area (Å²) in [7, 11) is 0. The number of hydrogen-bond donors (Lipinski definition) is 0. The van der Waals surface area contributed by atoms with E-state index in [-0.39, 0.29) is 5.41 Å². The first-order chi connectivity index (χ1) is 38.0. The van der Waals surface area contributed by atoms with E-state index in [0.717, 1.165) is 128 Å². The van der Waals surface area contributed by atoms with Crippen LogP contribution in [0.2, 0.25) is 0 Å². The molecule has 2 aliphatic heterocycles. The standard InChI is InChI=1S/C71H72O6/c1-3-5-7-9-11-17-43-72-61-35-27-53(28-36-61)23-25-55-31-39-63(40-32-55)74-49-59-45-57-47-71(51-76-69(57)67-21-15-13-19-65(59)67)48-58-46-60(66-20-14-16-22-68(66)70(58)77-52-71)50-75-64-41-33-56(34-42-64)26-24-54-29-37-62(38-30-54)73-44-18-12-10-8-6-4-2/h13-16,19-22,27-42,45-46H,3-12,17-18,43-44,47-52H2,1-2H3. The first-order valence-electron chi connectivity index (χ1n) is 28.3. The molecule has 6 heteroatoms. The normalized spacial score (nSPS) is 13.0. The molecule has 6 nitrogen and oxygen atoms in total. The van der Waals surface area contributed by atoms with E-state index in [1.54, 1.807) is 0 Å². The maximum atomic E-state index is 6.80. The predicted octanol–water partition coefficient (Wildman–Crippen LogP) is 17.0. The van der Waals surface area contributed by atoms with Gasteiger partial charge in [0.2, 0.25) is 0 Å². The topological polar surface area (TPSA) is 55.4 Å². The lowest BCUT2D eigenvalue weighted by molar-refractivity contribution is 0.0497. The monoisotopic (exact) mass is 1020 g/mol. The van der Waals surface area contributed by atoms with E-state index in [1.807, 2.05) is 97.1 Å². The summed E-state index contributed by atoms with van der Waals surface area (Å²) >= 11 is 0. The van der Waals surface area contributed by atoms with Crippen LogP contribution in [0.1, 0.15) is 135 Å². The first kappa shape index (κ1) is 52.6. The summed E-state index contributed by atoms with van der Waals surface area (Å²) in [6, 6.07) is 53.9. The van der Waals surface area contributed by atoms with Crippen LogP contribution >= 0.6 is 0 Å². The molecule has 1 spiro atoms. The zero-order chi connectivity index (χ0) is 52.5. The lowest BCUT2D eigenvalue weighted by Crippen LogP contribution is -2.44. The van der Waals surface area contributed by atoms with E-state index >= 15 is 0 Å². The maximum absolute atomic E-state index is 6.80. The molecule has 77 heavy (non-hydrogen) atoms. The van der Waals surface area contributed by atoms with Gasteiger partial charge in [-0.15, -0.1) is 0 Å². The highest BCUT2D eigenvalue weighted by molar-refractivity contribution is 5.94. The van der Waals surface area contributed by atoms with Crippen molar-refractivity contribution in [3.8, 4) is 58.2 Å². The number of rotatable bonds is 22. The average Bonchev–Trinajstić information content (AvgIpc) is 3.47. The third kappa shape index (κ3) is 14.0. The van der Waals surface area contributed by atoms with Crippen LogP contribution in [-0.4, -0.2) is 26.4 Å². The van der Waals surface area contributed by atoms with Gasteiger partial charge in [-0.05, 0) is 168 Å². The summed E-state index contributed by atoms with van der Waals surface area (Å²) in [6.07, 6.45) is 16.7. The second-order valence-electron chi connectivity index (χ2n) is 21.0. The molecule has 0 saturated carbocycles. The van der Waals surface area contributed by atoms with Gasteiger partial charge in [0.15, 0.2) is 0 Å². The highest BCUT2D eigenvalue weighted by Gasteiger charge is 2.42. The summed E-state index contributed by atoms with van der Waals surface area (Å²) in [4.78, 5) is 0.